The minimum atomic E-state index is -3.27. The molecule has 0 heterocycles. The monoisotopic (exact) mass is 394 g/mol. The van der Waals surface area contributed by atoms with Crippen LogP contribution in [-0.4, -0.2) is 25.9 Å². The van der Waals surface area contributed by atoms with Crippen molar-refractivity contribution in [3.63, 3.8) is 0 Å². The highest BCUT2D eigenvalue weighted by Crippen LogP contribution is 2.39. The molecule has 1 aromatic rings. The van der Waals surface area contributed by atoms with Gasteiger partial charge in [0.15, 0.2) is 9.84 Å². The molecular weight excluding hydrogens is 376 g/mol. The Morgan fingerprint density at radius 2 is 1.90 bits per heavy atom. The first-order valence-electron chi connectivity index (χ1n) is 7.12. The van der Waals surface area contributed by atoms with Gasteiger partial charge in [0.2, 0.25) is 0 Å². The van der Waals surface area contributed by atoms with E-state index in [-0.39, 0.29) is 15.6 Å². The van der Waals surface area contributed by atoms with Crippen LogP contribution in [0.4, 0.5) is 0 Å². The van der Waals surface area contributed by atoms with Gasteiger partial charge in [-0.2, -0.15) is 0 Å². The topological polar surface area (TPSA) is 54.4 Å². The van der Waals surface area contributed by atoms with Crippen LogP contribution in [0.3, 0.4) is 0 Å². The second-order valence-corrected chi connectivity index (χ2v) is 9.16. The zero-order valence-corrected chi connectivity index (χ0v) is 15.1. The fourth-order valence-electron chi connectivity index (χ4n) is 2.86. The number of aliphatic hydroxyl groups excluding tert-OH is 1. The van der Waals surface area contributed by atoms with Gasteiger partial charge in [0, 0.05) is 11.3 Å². The fourth-order valence-corrected chi connectivity index (χ4v) is 4.83. The van der Waals surface area contributed by atoms with E-state index in [1.54, 1.807) is 12.1 Å². The predicted octanol–water partition coefficient (Wildman–Crippen LogP) is 4.12. The molecule has 1 fully saturated rings. The number of rotatable bonds is 4. The highest BCUT2D eigenvalue weighted by Gasteiger charge is 2.29. The third kappa shape index (κ3) is 4.21. The van der Waals surface area contributed by atoms with Gasteiger partial charge in [-0.25, -0.2) is 8.42 Å². The lowest BCUT2D eigenvalue weighted by Gasteiger charge is -2.30. The highest BCUT2D eigenvalue weighted by molar-refractivity contribution is 9.09. The average Bonchev–Trinajstić information content (AvgIpc) is 2.45. The van der Waals surface area contributed by atoms with Gasteiger partial charge in [-0.05, 0) is 36.5 Å². The van der Waals surface area contributed by atoms with Crippen LogP contribution in [0.15, 0.2) is 23.1 Å². The third-order valence-corrected chi connectivity index (χ3v) is 6.60. The van der Waals surface area contributed by atoms with Crippen molar-refractivity contribution in [2.75, 3.05) is 6.26 Å². The Labute approximate surface area is 139 Å². The van der Waals surface area contributed by atoms with Crippen LogP contribution >= 0.6 is 27.5 Å². The minimum Gasteiger partial charge on any atom is -0.391 e. The maximum absolute atomic E-state index is 11.5. The van der Waals surface area contributed by atoms with Gasteiger partial charge in [-0.1, -0.05) is 52.9 Å². The molecule has 1 N–H and O–H groups in total. The first-order valence-corrected chi connectivity index (χ1v) is 10.3. The Morgan fingerprint density at radius 1 is 1.29 bits per heavy atom. The summed E-state index contributed by atoms with van der Waals surface area (Å²) in [5.41, 5.74) is 0.738. The Balaban J connectivity index is 2.20. The summed E-state index contributed by atoms with van der Waals surface area (Å²) in [4.78, 5) is -0.0789. The summed E-state index contributed by atoms with van der Waals surface area (Å²) in [7, 11) is -3.27. The molecule has 21 heavy (non-hydrogen) atoms. The summed E-state index contributed by atoms with van der Waals surface area (Å²) in [6.07, 6.45) is 6.25. The van der Waals surface area contributed by atoms with Gasteiger partial charge in [0.1, 0.15) is 0 Å². The van der Waals surface area contributed by atoms with Crippen LogP contribution in [0.25, 0.3) is 0 Å². The van der Waals surface area contributed by atoms with Gasteiger partial charge in [-0.15, -0.1) is 0 Å². The van der Waals surface area contributed by atoms with Crippen LogP contribution in [0.5, 0.6) is 0 Å². The molecule has 0 amide bonds. The first-order chi connectivity index (χ1) is 9.80. The molecule has 3 nitrogen and oxygen atoms in total. The fraction of sp³-hybridized carbons (Fsp3) is 0.600. The van der Waals surface area contributed by atoms with Gasteiger partial charge in [0.25, 0.3) is 0 Å². The molecule has 0 spiro atoms. The molecule has 1 saturated carbocycles. The summed E-state index contributed by atoms with van der Waals surface area (Å²) in [5, 5.41) is 10.9. The standard InChI is InChI=1S/C15H20BrClO3S/c1-21(19,20)11-7-8-12(13(17)9-11)14(16)15(18)10-5-3-2-4-6-10/h7-10,14-15,18H,2-6H2,1H3. The number of hydrogen-bond donors (Lipinski definition) is 1. The number of halogens is 2. The van der Waals surface area contributed by atoms with Gasteiger partial charge < -0.3 is 5.11 Å². The largest absolute Gasteiger partial charge is 0.391 e. The first kappa shape index (κ1) is 17.3. The molecule has 2 atom stereocenters. The average molecular weight is 396 g/mol. The predicted molar refractivity (Wildman–Crippen MR) is 88.8 cm³/mol. The molecule has 0 bridgehead atoms. The molecule has 0 radical (unpaired) electrons. The summed E-state index contributed by atoms with van der Waals surface area (Å²) in [6.45, 7) is 0. The Hall–Kier alpha value is -0.100. The van der Waals surface area contributed by atoms with Crippen LogP contribution in [0.2, 0.25) is 5.02 Å². The molecule has 2 unspecified atom stereocenters. The van der Waals surface area contributed by atoms with Crippen molar-refractivity contribution in [2.45, 2.75) is 47.9 Å². The molecule has 1 aliphatic carbocycles. The van der Waals surface area contributed by atoms with Crippen molar-refractivity contribution in [1.82, 2.24) is 0 Å². The molecular formula is C15H20BrClO3S. The Bertz CT molecular complexity index is 597. The van der Waals surface area contributed by atoms with Crippen LogP contribution in [-0.2, 0) is 9.84 Å². The van der Waals surface area contributed by atoms with E-state index >= 15 is 0 Å². The Morgan fingerprint density at radius 3 is 2.43 bits per heavy atom. The highest BCUT2D eigenvalue weighted by atomic mass is 79.9. The van der Waals surface area contributed by atoms with Crippen molar-refractivity contribution in [1.29, 1.82) is 0 Å². The van der Waals surface area contributed by atoms with Crippen LogP contribution < -0.4 is 0 Å². The summed E-state index contributed by atoms with van der Waals surface area (Å²) in [6, 6.07) is 4.68. The second kappa shape index (κ2) is 6.99. The van der Waals surface area contributed by atoms with E-state index in [4.69, 9.17) is 11.6 Å². The molecule has 1 aromatic carbocycles. The van der Waals surface area contributed by atoms with Crippen molar-refractivity contribution in [3.8, 4) is 0 Å². The third-order valence-electron chi connectivity index (χ3n) is 4.13. The molecule has 6 heteroatoms. The summed E-state index contributed by atoms with van der Waals surface area (Å²) < 4.78 is 23.1. The smallest absolute Gasteiger partial charge is 0.175 e. The van der Waals surface area contributed by atoms with E-state index < -0.39 is 15.9 Å². The molecule has 1 aliphatic rings. The van der Waals surface area contributed by atoms with E-state index in [2.05, 4.69) is 15.9 Å². The van der Waals surface area contributed by atoms with E-state index in [1.807, 2.05) is 0 Å². The zero-order chi connectivity index (χ0) is 15.6. The van der Waals surface area contributed by atoms with Crippen molar-refractivity contribution < 1.29 is 13.5 Å². The maximum Gasteiger partial charge on any atom is 0.175 e. The SMILES string of the molecule is CS(=O)(=O)c1ccc(C(Br)C(O)C2CCCCC2)c(Cl)c1. The van der Waals surface area contributed by atoms with E-state index in [1.165, 1.54) is 12.5 Å². The van der Waals surface area contributed by atoms with Crippen molar-refractivity contribution in [3.05, 3.63) is 28.8 Å². The van der Waals surface area contributed by atoms with Gasteiger partial charge >= 0.3 is 0 Å². The normalized spacial score (nSPS) is 20.2. The van der Waals surface area contributed by atoms with Crippen molar-refractivity contribution >= 4 is 37.4 Å². The van der Waals surface area contributed by atoms with E-state index in [0.717, 1.165) is 37.5 Å². The number of benzene rings is 1. The lowest BCUT2D eigenvalue weighted by molar-refractivity contribution is 0.0841. The number of aliphatic hydroxyl groups is 1. The summed E-state index contributed by atoms with van der Waals surface area (Å²) in [5.74, 6) is 0.272. The molecule has 0 saturated heterocycles. The van der Waals surface area contributed by atoms with E-state index in [0.29, 0.717) is 5.02 Å². The van der Waals surface area contributed by atoms with E-state index in [9.17, 15) is 13.5 Å². The van der Waals surface area contributed by atoms with Crippen LogP contribution in [0, 0.1) is 5.92 Å². The summed E-state index contributed by atoms with van der Waals surface area (Å²) >= 11 is 9.74. The molecule has 0 aliphatic heterocycles. The maximum atomic E-state index is 11.5. The van der Waals surface area contributed by atoms with Gasteiger partial charge in [0.05, 0.1) is 15.8 Å². The Kier molecular flexibility index (Phi) is 5.74. The molecule has 2 rings (SSSR count). The number of hydrogen-bond acceptors (Lipinski definition) is 3. The second-order valence-electron chi connectivity index (χ2n) is 5.75. The zero-order valence-electron chi connectivity index (χ0n) is 11.9. The lowest BCUT2D eigenvalue weighted by atomic mass is 9.83. The number of sulfone groups is 1. The van der Waals surface area contributed by atoms with Gasteiger partial charge in [-0.3, -0.25) is 0 Å². The van der Waals surface area contributed by atoms with Crippen molar-refractivity contribution in [2.24, 2.45) is 5.92 Å². The number of alkyl halides is 1. The minimum absolute atomic E-state index is 0.197. The lowest BCUT2D eigenvalue weighted by Crippen LogP contribution is -2.26. The molecule has 0 aromatic heterocycles. The van der Waals surface area contributed by atoms with Crippen LogP contribution in [0.1, 0.15) is 42.5 Å². The quantitative estimate of drug-likeness (QED) is 0.780. The molecule has 118 valence electrons.